The lowest BCUT2D eigenvalue weighted by Gasteiger charge is -2.28. The number of hydrogen-bond acceptors (Lipinski definition) is 4. The van der Waals surface area contributed by atoms with Crippen LogP contribution in [0.3, 0.4) is 0 Å². The monoisotopic (exact) mass is 373 g/mol. The van der Waals surface area contributed by atoms with Crippen LogP contribution in [-0.4, -0.2) is 34.9 Å². The Kier molecular flexibility index (Phi) is 5.18. The largest absolute Gasteiger partial charge is 0.324 e. The minimum atomic E-state index is -0.501. The van der Waals surface area contributed by atoms with Gasteiger partial charge in [0.2, 0.25) is 5.91 Å². The van der Waals surface area contributed by atoms with E-state index in [1.165, 1.54) is 29.2 Å². The van der Waals surface area contributed by atoms with E-state index in [0.717, 1.165) is 6.42 Å². The van der Waals surface area contributed by atoms with E-state index in [2.05, 4.69) is 0 Å². The maximum Gasteiger partial charge on any atom is 0.269 e. The minimum absolute atomic E-state index is 0.0131. The third-order valence-electron chi connectivity index (χ3n) is 4.19. The normalized spacial score (nSPS) is 13.7. The minimum Gasteiger partial charge on any atom is -0.324 e. The number of halogens is 1. The van der Waals surface area contributed by atoms with E-state index in [0.29, 0.717) is 29.2 Å². The summed E-state index contributed by atoms with van der Waals surface area (Å²) in [6.45, 7) is 0.675. The number of likely N-dealkylation sites (tertiary alicyclic amines) is 1. The van der Waals surface area contributed by atoms with Crippen LogP contribution < -0.4 is 4.90 Å². The van der Waals surface area contributed by atoms with Crippen molar-refractivity contribution in [1.29, 1.82) is 0 Å². The SMILES string of the molecule is O=C1CCCN1CN(C(=O)c1ccc(Cl)cc1)c1ccc([N+](=O)[O-])cc1. The van der Waals surface area contributed by atoms with Gasteiger partial charge in [-0.25, -0.2) is 0 Å². The summed E-state index contributed by atoms with van der Waals surface area (Å²) in [5.41, 5.74) is 0.833. The number of rotatable bonds is 5. The molecule has 1 aliphatic heterocycles. The third kappa shape index (κ3) is 3.83. The van der Waals surface area contributed by atoms with E-state index in [-0.39, 0.29) is 24.2 Å². The number of carbonyl (C=O) groups excluding carboxylic acids is 2. The smallest absolute Gasteiger partial charge is 0.269 e. The average Bonchev–Trinajstić information content (AvgIpc) is 3.04. The molecule has 2 aromatic carbocycles. The second-order valence-corrected chi connectivity index (χ2v) is 6.35. The highest BCUT2D eigenvalue weighted by molar-refractivity contribution is 6.30. The van der Waals surface area contributed by atoms with Gasteiger partial charge >= 0.3 is 0 Å². The molecule has 26 heavy (non-hydrogen) atoms. The fourth-order valence-corrected chi connectivity index (χ4v) is 2.92. The maximum atomic E-state index is 13.0. The summed E-state index contributed by atoms with van der Waals surface area (Å²) in [6.07, 6.45) is 1.21. The molecule has 0 atom stereocenters. The maximum absolute atomic E-state index is 13.0. The Morgan fingerprint density at radius 2 is 1.81 bits per heavy atom. The van der Waals surface area contributed by atoms with Crippen molar-refractivity contribution in [2.24, 2.45) is 0 Å². The molecule has 134 valence electrons. The molecular weight excluding hydrogens is 358 g/mol. The molecule has 1 saturated heterocycles. The Morgan fingerprint density at radius 1 is 1.15 bits per heavy atom. The lowest BCUT2D eigenvalue weighted by atomic mass is 10.2. The summed E-state index contributed by atoms with van der Waals surface area (Å²) >= 11 is 5.87. The first-order chi connectivity index (χ1) is 12.5. The molecule has 0 unspecified atom stereocenters. The van der Waals surface area contributed by atoms with Crippen molar-refractivity contribution in [3.8, 4) is 0 Å². The Bertz CT molecular complexity index is 837. The number of nitrogens with zero attached hydrogens (tertiary/aromatic N) is 3. The van der Waals surface area contributed by atoms with Crippen molar-refractivity contribution in [2.75, 3.05) is 18.1 Å². The van der Waals surface area contributed by atoms with Crippen LogP contribution in [0.5, 0.6) is 0 Å². The fourth-order valence-electron chi connectivity index (χ4n) is 2.79. The quantitative estimate of drug-likeness (QED) is 0.593. The molecule has 0 saturated carbocycles. The van der Waals surface area contributed by atoms with Gasteiger partial charge in [-0.1, -0.05) is 11.6 Å². The first-order valence-electron chi connectivity index (χ1n) is 8.05. The first-order valence-corrected chi connectivity index (χ1v) is 8.43. The highest BCUT2D eigenvalue weighted by atomic mass is 35.5. The van der Waals surface area contributed by atoms with E-state index in [1.807, 2.05) is 0 Å². The van der Waals surface area contributed by atoms with Crippen LogP contribution in [0, 0.1) is 10.1 Å². The van der Waals surface area contributed by atoms with Gasteiger partial charge < -0.3 is 4.90 Å². The van der Waals surface area contributed by atoms with Gasteiger partial charge in [0, 0.05) is 41.4 Å². The Balaban J connectivity index is 1.92. The molecular formula is C18H16ClN3O4. The molecule has 3 rings (SSSR count). The van der Waals surface area contributed by atoms with Crippen LogP contribution in [0.4, 0.5) is 11.4 Å². The molecule has 0 bridgehead atoms. The van der Waals surface area contributed by atoms with Gasteiger partial charge in [0.25, 0.3) is 11.6 Å². The van der Waals surface area contributed by atoms with Crippen molar-refractivity contribution < 1.29 is 14.5 Å². The predicted octanol–water partition coefficient (Wildman–Crippen LogP) is 3.47. The van der Waals surface area contributed by atoms with E-state index in [1.54, 1.807) is 29.2 Å². The van der Waals surface area contributed by atoms with Gasteiger partial charge in [-0.15, -0.1) is 0 Å². The van der Waals surface area contributed by atoms with E-state index < -0.39 is 4.92 Å². The average molecular weight is 374 g/mol. The Labute approximate surface area is 154 Å². The Morgan fingerprint density at radius 3 is 2.35 bits per heavy atom. The zero-order valence-corrected chi connectivity index (χ0v) is 14.6. The third-order valence-corrected chi connectivity index (χ3v) is 4.44. The molecule has 0 spiro atoms. The standard InChI is InChI=1S/C18H16ClN3O4/c19-14-5-3-13(4-6-14)18(24)21(12-20-11-1-2-17(20)23)15-7-9-16(10-8-15)22(25)26/h3-10H,1-2,11-12H2. The van der Waals surface area contributed by atoms with E-state index >= 15 is 0 Å². The number of carbonyl (C=O) groups is 2. The zero-order valence-electron chi connectivity index (χ0n) is 13.8. The van der Waals surface area contributed by atoms with Crippen molar-refractivity contribution in [3.63, 3.8) is 0 Å². The lowest BCUT2D eigenvalue weighted by Crippen LogP contribution is -2.42. The molecule has 7 nitrogen and oxygen atoms in total. The molecule has 1 heterocycles. The van der Waals surface area contributed by atoms with Gasteiger partial charge in [0.1, 0.15) is 6.67 Å². The van der Waals surface area contributed by atoms with Crippen molar-refractivity contribution >= 4 is 34.8 Å². The van der Waals surface area contributed by atoms with Crippen LogP contribution in [0.25, 0.3) is 0 Å². The highest BCUT2D eigenvalue weighted by Crippen LogP contribution is 2.23. The summed E-state index contributed by atoms with van der Waals surface area (Å²) in [5, 5.41) is 11.4. The second-order valence-electron chi connectivity index (χ2n) is 5.92. The van der Waals surface area contributed by atoms with E-state index in [4.69, 9.17) is 11.6 Å². The molecule has 8 heteroatoms. The van der Waals surface area contributed by atoms with Crippen LogP contribution >= 0.6 is 11.6 Å². The van der Waals surface area contributed by atoms with Gasteiger partial charge in [-0.3, -0.25) is 24.6 Å². The lowest BCUT2D eigenvalue weighted by molar-refractivity contribution is -0.384. The van der Waals surface area contributed by atoms with Gasteiger partial charge in [0.15, 0.2) is 0 Å². The molecule has 1 fully saturated rings. The highest BCUT2D eigenvalue weighted by Gasteiger charge is 2.26. The number of non-ortho nitro benzene ring substituents is 1. The predicted molar refractivity (Wildman–Crippen MR) is 97.2 cm³/mol. The summed E-state index contributed by atoms with van der Waals surface area (Å²) < 4.78 is 0. The number of nitro groups is 1. The van der Waals surface area contributed by atoms with Crippen molar-refractivity contribution in [3.05, 3.63) is 69.2 Å². The molecule has 0 N–H and O–H groups in total. The topological polar surface area (TPSA) is 83.8 Å². The van der Waals surface area contributed by atoms with Gasteiger partial charge in [-0.05, 0) is 42.8 Å². The first kappa shape index (κ1) is 17.9. The summed E-state index contributed by atoms with van der Waals surface area (Å²) in [5.74, 6) is -0.323. The zero-order chi connectivity index (χ0) is 18.7. The molecule has 0 radical (unpaired) electrons. The van der Waals surface area contributed by atoms with E-state index in [9.17, 15) is 19.7 Å². The van der Waals surface area contributed by atoms with Crippen LogP contribution in [-0.2, 0) is 4.79 Å². The molecule has 2 aromatic rings. The molecule has 2 amide bonds. The number of hydrogen-bond donors (Lipinski definition) is 0. The Hall–Kier alpha value is -2.93. The summed E-state index contributed by atoms with van der Waals surface area (Å²) in [6, 6.07) is 12.1. The van der Waals surface area contributed by atoms with Gasteiger partial charge in [-0.2, -0.15) is 0 Å². The number of amides is 2. The fraction of sp³-hybridized carbons (Fsp3) is 0.222. The van der Waals surface area contributed by atoms with Crippen molar-refractivity contribution in [2.45, 2.75) is 12.8 Å². The molecule has 0 aromatic heterocycles. The second kappa shape index (κ2) is 7.53. The van der Waals surface area contributed by atoms with Crippen LogP contribution in [0.15, 0.2) is 48.5 Å². The summed E-state index contributed by atoms with van der Waals surface area (Å²) in [7, 11) is 0. The van der Waals surface area contributed by atoms with Crippen molar-refractivity contribution in [1.82, 2.24) is 4.90 Å². The number of nitro benzene ring substituents is 1. The summed E-state index contributed by atoms with van der Waals surface area (Å²) in [4.78, 5) is 38.3. The molecule has 0 aliphatic carbocycles. The van der Waals surface area contributed by atoms with Gasteiger partial charge in [0.05, 0.1) is 4.92 Å². The molecule has 1 aliphatic rings. The number of anilines is 1. The van der Waals surface area contributed by atoms with Crippen LogP contribution in [0.1, 0.15) is 23.2 Å². The van der Waals surface area contributed by atoms with Crippen LogP contribution in [0.2, 0.25) is 5.02 Å². The number of benzene rings is 2.